The standard InChI is InChI=1S/C23H29NO4/c1-4-17(2)22(19-8-6-5-7-9-19)23(26)28-16-21(25)24-15-14-18-10-12-20(27-3)13-11-18/h5-13,17,22H,4,14-16H2,1-3H3,(H,24,25)/t17-,22-/m0/s1. The van der Waals surface area contributed by atoms with Crippen LogP contribution in [0.1, 0.15) is 37.3 Å². The van der Waals surface area contributed by atoms with Crippen molar-refractivity contribution in [2.45, 2.75) is 32.6 Å². The molecule has 2 aromatic rings. The van der Waals surface area contributed by atoms with Crippen molar-refractivity contribution in [3.05, 3.63) is 65.7 Å². The Hall–Kier alpha value is -2.82. The van der Waals surface area contributed by atoms with E-state index in [1.807, 2.05) is 68.4 Å². The van der Waals surface area contributed by atoms with Crippen LogP contribution in [0.15, 0.2) is 54.6 Å². The van der Waals surface area contributed by atoms with Gasteiger partial charge in [0.25, 0.3) is 5.91 Å². The van der Waals surface area contributed by atoms with E-state index in [0.717, 1.165) is 23.3 Å². The summed E-state index contributed by atoms with van der Waals surface area (Å²) in [5.74, 6) is -0.0796. The van der Waals surface area contributed by atoms with Crippen molar-refractivity contribution >= 4 is 11.9 Å². The Bertz CT molecular complexity index is 743. The van der Waals surface area contributed by atoms with Gasteiger partial charge in [0.2, 0.25) is 0 Å². The van der Waals surface area contributed by atoms with Crippen LogP contribution < -0.4 is 10.1 Å². The van der Waals surface area contributed by atoms with E-state index in [2.05, 4.69) is 5.32 Å². The van der Waals surface area contributed by atoms with Crippen LogP contribution in [0.4, 0.5) is 0 Å². The molecule has 2 atom stereocenters. The lowest BCUT2D eigenvalue weighted by atomic mass is 9.86. The highest BCUT2D eigenvalue weighted by Gasteiger charge is 2.27. The van der Waals surface area contributed by atoms with E-state index in [1.54, 1.807) is 7.11 Å². The van der Waals surface area contributed by atoms with Crippen LogP contribution in [0.5, 0.6) is 5.75 Å². The fraction of sp³-hybridized carbons (Fsp3) is 0.391. The molecule has 0 aromatic heterocycles. The number of benzene rings is 2. The normalized spacial score (nSPS) is 12.7. The second-order valence-corrected chi connectivity index (χ2v) is 6.83. The number of carbonyl (C=O) groups is 2. The van der Waals surface area contributed by atoms with Gasteiger partial charge in [-0.15, -0.1) is 0 Å². The molecule has 0 spiro atoms. The number of hydrogen-bond donors (Lipinski definition) is 1. The van der Waals surface area contributed by atoms with Crippen LogP contribution in [0.3, 0.4) is 0 Å². The van der Waals surface area contributed by atoms with Crippen molar-refractivity contribution in [1.82, 2.24) is 5.32 Å². The van der Waals surface area contributed by atoms with Crippen molar-refractivity contribution in [3.63, 3.8) is 0 Å². The molecule has 2 aromatic carbocycles. The summed E-state index contributed by atoms with van der Waals surface area (Å²) in [5, 5.41) is 2.79. The first-order valence-electron chi connectivity index (χ1n) is 9.66. The predicted octanol–water partition coefficient (Wildman–Crippen LogP) is 3.73. The highest BCUT2D eigenvalue weighted by atomic mass is 16.5. The molecule has 5 heteroatoms. The lowest BCUT2D eigenvalue weighted by Gasteiger charge is -2.21. The number of carbonyl (C=O) groups excluding carboxylic acids is 2. The molecule has 0 radical (unpaired) electrons. The maximum Gasteiger partial charge on any atom is 0.314 e. The van der Waals surface area contributed by atoms with E-state index in [-0.39, 0.29) is 30.3 Å². The lowest BCUT2D eigenvalue weighted by molar-refractivity contribution is -0.151. The topological polar surface area (TPSA) is 64.6 Å². The van der Waals surface area contributed by atoms with Gasteiger partial charge in [0, 0.05) is 6.54 Å². The zero-order valence-electron chi connectivity index (χ0n) is 16.8. The minimum atomic E-state index is -0.363. The van der Waals surface area contributed by atoms with E-state index in [4.69, 9.17) is 9.47 Å². The van der Waals surface area contributed by atoms with E-state index >= 15 is 0 Å². The molecular weight excluding hydrogens is 354 g/mol. The molecule has 0 unspecified atom stereocenters. The van der Waals surface area contributed by atoms with Crippen molar-refractivity contribution < 1.29 is 19.1 Å². The Kier molecular flexibility index (Phi) is 8.53. The number of hydrogen-bond acceptors (Lipinski definition) is 4. The van der Waals surface area contributed by atoms with Crippen LogP contribution in [0, 0.1) is 5.92 Å². The number of esters is 1. The van der Waals surface area contributed by atoms with Crippen molar-refractivity contribution in [1.29, 1.82) is 0 Å². The molecule has 0 aliphatic rings. The van der Waals surface area contributed by atoms with E-state index in [0.29, 0.717) is 13.0 Å². The van der Waals surface area contributed by atoms with Crippen molar-refractivity contribution in [2.75, 3.05) is 20.3 Å². The summed E-state index contributed by atoms with van der Waals surface area (Å²) < 4.78 is 10.4. The van der Waals surface area contributed by atoms with Gasteiger partial charge in [-0.1, -0.05) is 62.7 Å². The molecule has 5 nitrogen and oxygen atoms in total. The minimum Gasteiger partial charge on any atom is -0.497 e. The Morgan fingerprint density at radius 1 is 1.04 bits per heavy atom. The second-order valence-electron chi connectivity index (χ2n) is 6.83. The van der Waals surface area contributed by atoms with Gasteiger partial charge >= 0.3 is 5.97 Å². The Morgan fingerprint density at radius 3 is 2.32 bits per heavy atom. The fourth-order valence-electron chi connectivity index (χ4n) is 3.01. The van der Waals surface area contributed by atoms with Crippen LogP contribution in [-0.2, 0) is 20.7 Å². The number of methoxy groups -OCH3 is 1. The van der Waals surface area contributed by atoms with E-state index in [9.17, 15) is 9.59 Å². The average molecular weight is 383 g/mol. The molecular formula is C23H29NO4. The average Bonchev–Trinajstić information content (AvgIpc) is 2.73. The van der Waals surface area contributed by atoms with Gasteiger partial charge in [-0.3, -0.25) is 9.59 Å². The number of nitrogens with one attached hydrogen (secondary N) is 1. The quantitative estimate of drug-likeness (QED) is 0.635. The molecule has 150 valence electrons. The van der Waals surface area contributed by atoms with Crippen LogP contribution in [-0.4, -0.2) is 32.1 Å². The lowest BCUT2D eigenvalue weighted by Crippen LogP contribution is -2.32. The monoisotopic (exact) mass is 383 g/mol. The van der Waals surface area contributed by atoms with Crippen LogP contribution >= 0.6 is 0 Å². The smallest absolute Gasteiger partial charge is 0.314 e. The summed E-state index contributed by atoms with van der Waals surface area (Å²) in [6, 6.07) is 17.3. The highest BCUT2D eigenvalue weighted by molar-refractivity contribution is 5.83. The Balaban J connectivity index is 1.80. The summed E-state index contributed by atoms with van der Waals surface area (Å²) >= 11 is 0. The number of ether oxygens (including phenoxy) is 2. The number of rotatable bonds is 10. The summed E-state index contributed by atoms with van der Waals surface area (Å²) in [5.41, 5.74) is 2.01. The van der Waals surface area contributed by atoms with Gasteiger partial charge < -0.3 is 14.8 Å². The predicted molar refractivity (Wildman–Crippen MR) is 109 cm³/mol. The van der Waals surface area contributed by atoms with E-state index < -0.39 is 0 Å². The molecule has 0 heterocycles. The van der Waals surface area contributed by atoms with Crippen LogP contribution in [0.2, 0.25) is 0 Å². The SMILES string of the molecule is CC[C@H](C)[C@H](C(=O)OCC(=O)NCCc1ccc(OC)cc1)c1ccccc1. The zero-order valence-corrected chi connectivity index (χ0v) is 16.8. The van der Waals surface area contributed by atoms with Crippen molar-refractivity contribution in [3.8, 4) is 5.75 Å². The first kappa shape index (κ1) is 21.5. The second kappa shape index (κ2) is 11.1. The van der Waals surface area contributed by atoms with Gasteiger partial charge in [-0.05, 0) is 35.6 Å². The Labute approximate surface area is 167 Å². The first-order valence-corrected chi connectivity index (χ1v) is 9.66. The highest BCUT2D eigenvalue weighted by Crippen LogP contribution is 2.28. The fourth-order valence-corrected chi connectivity index (χ4v) is 3.01. The summed E-state index contributed by atoms with van der Waals surface area (Å²) in [7, 11) is 1.63. The summed E-state index contributed by atoms with van der Waals surface area (Å²) in [6.07, 6.45) is 1.55. The number of amides is 1. The molecule has 1 N–H and O–H groups in total. The molecule has 0 saturated heterocycles. The third-order valence-corrected chi connectivity index (χ3v) is 4.87. The van der Waals surface area contributed by atoms with Gasteiger partial charge in [-0.25, -0.2) is 0 Å². The van der Waals surface area contributed by atoms with Crippen LogP contribution in [0.25, 0.3) is 0 Å². The maximum absolute atomic E-state index is 12.6. The molecule has 0 aliphatic carbocycles. The van der Waals surface area contributed by atoms with Gasteiger partial charge in [0.05, 0.1) is 13.0 Å². The maximum atomic E-state index is 12.6. The summed E-state index contributed by atoms with van der Waals surface area (Å²) in [4.78, 5) is 24.6. The van der Waals surface area contributed by atoms with Gasteiger partial charge in [0.1, 0.15) is 5.75 Å². The third-order valence-electron chi connectivity index (χ3n) is 4.87. The molecule has 2 rings (SSSR count). The molecule has 0 bridgehead atoms. The zero-order chi connectivity index (χ0) is 20.4. The first-order chi connectivity index (χ1) is 13.5. The Morgan fingerprint density at radius 2 is 1.71 bits per heavy atom. The van der Waals surface area contributed by atoms with E-state index in [1.165, 1.54) is 0 Å². The molecule has 0 saturated carbocycles. The van der Waals surface area contributed by atoms with Gasteiger partial charge in [-0.2, -0.15) is 0 Å². The molecule has 0 aliphatic heterocycles. The van der Waals surface area contributed by atoms with Gasteiger partial charge in [0.15, 0.2) is 6.61 Å². The largest absolute Gasteiger partial charge is 0.497 e. The molecule has 1 amide bonds. The molecule has 0 fully saturated rings. The third kappa shape index (κ3) is 6.41. The summed E-state index contributed by atoms with van der Waals surface area (Å²) in [6.45, 7) is 4.28. The van der Waals surface area contributed by atoms with Crippen molar-refractivity contribution in [2.24, 2.45) is 5.92 Å². The molecule has 28 heavy (non-hydrogen) atoms. The minimum absolute atomic E-state index is 0.132.